The molecule has 0 aliphatic rings. The molecule has 0 unspecified atom stereocenters. The Morgan fingerprint density at radius 3 is 2.70 bits per heavy atom. The van der Waals surface area contributed by atoms with Gasteiger partial charge in [-0.2, -0.15) is 0 Å². The van der Waals surface area contributed by atoms with Gasteiger partial charge in [-0.3, -0.25) is 0 Å². The second kappa shape index (κ2) is 6.32. The smallest absolute Gasteiger partial charge is 0.187 e. The molecule has 0 radical (unpaired) electrons. The van der Waals surface area contributed by atoms with Crippen molar-refractivity contribution in [2.24, 2.45) is 0 Å². The number of halogens is 1. The number of hydrogen-bond donors (Lipinski definition) is 1. The number of anilines is 2. The van der Waals surface area contributed by atoms with E-state index >= 15 is 0 Å². The van der Waals surface area contributed by atoms with Crippen LogP contribution in [0.3, 0.4) is 0 Å². The van der Waals surface area contributed by atoms with Gasteiger partial charge in [-0.1, -0.05) is 19.1 Å². The summed E-state index contributed by atoms with van der Waals surface area (Å²) in [5.74, 6) is 0.0162. The quantitative estimate of drug-likeness (QED) is 0.852. The van der Waals surface area contributed by atoms with E-state index in [1.807, 2.05) is 43.0 Å². The van der Waals surface area contributed by atoms with Gasteiger partial charge >= 0.3 is 0 Å². The zero-order valence-electron chi connectivity index (χ0n) is 11.8. The lowest BCUT2D eigenvalue weighted by atomic mass is 10.2. The number of nitrogens with two attached hydrogens (primary N) is 1. The van der Waals surface area contributed by atoms with Crippen molar-refractivity contribution in [3.8, 4) is 0 Å². The Hall–Kier alpha value is -2.17. The highest BCUT2D eigenvalue weighted by Gasteiger charge is 2.15. The predicted octanol–water partition coefficient (Wildman–Crippen LogP) is 2.79. The molecule has 0 aliphatic heterocycles. The summed E-state index contributed by atoms with van der Waals surface area (Å²) >= 11 is 0. The highest BCUT2D eigenvalue weighted by molar-refractivity contribution is 5.45. The van der Waals surface area contributed by atoms with Crippen LogP contribution in [0.25, 0.3) is 0 Å². The molecule has 0 fully saturated rings. The van der Waals surface area contributed by atoms with Crippen LogP contribution in [0.5, 0.6) is 0 Å². The normalized spacial score (nSPS) is 10.6. The minimum Gasteiger partial charge on any atom is -0.399 e. The third kappa shape index (κ3) is 3.04. The van der Waals surface area contributed by atoms with E-state index in [0.717, 1.165) is 5.56 Å². The van der Waals surface area contributed by atoms with Crippen LogP contribution in [-0.2, 0) is 13.0 Å². The van der Waals surface area contributed by atoms with Gasteiger partial charge in [0.25, 0.3) is 0 Å². The summed E-state index contributed by atoms with van der Waals surface area (Å²) in [5.41, 5.74) is 7.95. The van der Waals surface area contributed by atoms with E-state index in [1.165, 1.54) is 6.33 Å². The molecule has 2 rings (SSSR count). The van der Waals surface area contributed by atoms with Crippen molar-refractivity contribution in [3.05, 3.63) is 47.7 Å². The first-order valence-electron chi connectivity index (χ1n) is 6.74. The molecule has 0 aliphatic carbocycles. The van der Waals surface area contributed by atoms with Gasteiger partial charge in [-0.15, -0.1) is 0 Å². The number of nitrogens with zero attached hydrogens (tertiary/aromatic N) is 3. The van der Waals surface area contributed by atoms with Crippen molar-refractivity contribution < 1.29 is 4.39 Å². The number of aryl methyl sites for hydroxylation is 1. The monoisotopic (exact) mass is 274 g/mol. The van der Waals surface area contributed by atoms with E-state index in [-0.39, 0.29) is 5.82 Å². The fourth-order valence-electron chi connectivity index (χ4n) is 2.11. The summed E-state index contributed by atoms with van der Waals surface area (Å²) in [6.45, 7) is 5.08. The number of rotatable bonds is 5. The second-order valence-electron chi connectivity index (χ2n) is 4.57. The third-order valence-corrected chi connectivity index (χ3v) is 3.18. The van der Waals surface area contributed by atoms with Crippen molar-refractivity contribution >= 4 is 11.5 Å². The third-order valence-electron chi connectivity index (χ3n) is 3.18. The van der Waals surface area contributed by atoms with Gasteiger partial charge in [0, 0.05) is 18.8 Å². The number of benzene rings is 1. The summed E-state index contributed by atoms with van der Waals surface area (Å²) in [6, 6.07) is 7.59. The van der Waals surface area contributed by atoms with E-state index in [9.17, 15) is 4.39 Å². The fraction of sp³-hybridized carbons (Fsp3) is 0.333. The topological polar surface area (TPSA) is 55.0 Å². The molecular weight excluding hydrogens is 255 g/mol. The summed E-state index contributed by atoms with van der Waals surface area (Å²) in [6.07, 6.45) is 1.97. The first-order chi connectivity index (χ1) is 9.65. The van der Waals surface area contributed by atoms with Gasteiger partial charge in [-0.05, 0) is 31.0 Å². The summed E-state index contributed by atoms with van der Waals surface area (Å²) < 4.78 is 14.3. The molecule has 2 aromatic rings. The summed E-state index contributed by atoms with van der Waals surface area (Å²) in [4.78, 5) is 9.93. The standard InChI is InChI=1S/C15H19FN4/c1-3-13-14(16)15(19-10-18-13)20(4-2)9-11-6-5-7-12(17)8-11/h5-8,10H,3-4,9,17H2,1-2H3. The molecule has 1 aromatic carbocycles. The summed E-state index contributed by atoms with van der Waals surface area (Å²) in [7, 11) is 0. The number of aromatic nitrogens is 2. The van der Waals surface area contributed by atoms with Crippen LogP contribution in [0, 0.1) is 5.82 Å². The second-order valence-corrected chi connectivity index (χ2v) is 4.57. The number of nitrogen functional groups attached to an aromatic ring is 1. The van der Waals surface area contributed by atoms with Gasteiger partial charge in [0.15, 0.2) is 11.6 Å². The lowest BCUT2D eigenvalue weighted by Gasteiger charge is -2.23. The van der Waals surface area contributed by atoms with Gasteiger partial charge in [0.1, 0.15) is 6.33 Å². The average molecular weight is 274 g/mol. The molecule has 106 valence electrons. The lowest BCUT2D eigenvalue weighted by Crippen LogP contribution is -2.25. The van der Waals surface area contributed by atoms with E-state index in [2.05, 4.69) is 9.97 Å². The maximum atomic E-state index is 14.3. The van der Waals surface area contributed by atoms with Crippen LogP contribution >= 0.6 is 0 Å². The molecule has 4 nitrogen and oxygen atoms in total. The lowest BCUT2D eigenvalue weighted by molar-refractivity contribution is 0.583. The van der Waals surface area contributed by atoms with E-state index in [4.69, 9.17) is 5.73 Å². The molecule has 0 saturated heterocycles. The Kier molecular flexibility index (Phi) is 4.50. The molecule has 1 heterocycles. The van der Waals surface area contributed by atoms with Crippen LogP contribution in [0.2, 0.25) is 0 Å². The molecule has 0 spiro atoms. The van der Waals surface area contributed by atoms with Gasteiger partial charge in [0.05, 0.1) is 5.69 Å². The van der Waals surface area contributed by atoms with Gasteiger partial charge < -0.3 is 10.6 Å². The van der Waals surface area contributed by atoms with E-state index in [0.29, 0.717) is 36.7 Å². The maximum Gasteiger partial charge on any atom is 0.187 e. The Morgan fingerprint density at radius 1 is 1.25 bits per heavy atom. The molecule has 1 aromatic heterocycles. The minimum atomic E-state index is -0.333. The highest BCUT2D eigenvalue weighted by atomic mass is 19.1. The highest BCUT2D eigenvalue weighted by Crippen LogP contribution is 2.20. The summed E-state index contributed by atoms with van der Waals surface area (Å²) in [5, 5.41) is 0. The zero-order chi connectivity index (χ0) is 14.5. The van der Waals surface area contributed by atoms with Crippen molar-refractivity contribution in [2.45, 2.75) is 26.8 Å². The van der Waals surface area contributed by atoms with Crippen LogP contribution in [0.15, 0.2) is 30.6 Å². The van der Waals surface area contributed by atoms with Crippen molar-refractivity contribution in [1.29, 1.82) is 0 Å². The number of hydrogen-bond acceptors (Lipinski definition) is 4. The molecule has 0 atom stereocenters. The first kappa shape index (κ1) is 14.2. The fourth-order valence-corrected chi connectivity index (χ4v) is 2.11. The van der Waals surface area contributed by atoms with Crippen LogP contribution in [0.4, 0.5) is 15.9 Å². The van der Waals surface area contributed by atoms with Crippen molar-refractivity contribution in [1.82, 2.24) is 9.97 Å². The van der Waals surface area contributed by atoms with E-state index < -0.39 is 0 Å². The molecule has 20 heavy (non-hydrogen) atoms. The zero-order valence-corrected chi connectivity index (χ0v) is 11.8. The Balaban J connectivity index is 2.29. The van der Waals surface area contributed by atoms with Gasteiger partial charge in [0.2, 0.25) is 0 Å². The van der Waals surface area contributed by atoms with Crippen molar-refractivity contribution in [3.63, 3.8) is 0 Å². The van der Waals surface area contributed by atoms with Crippen molar-refractivity contribution in [2.75, 3.05) is 17.2 Å². The predicted molar refractivity (Wildman–Crippen MR) is 78.9 cm³/mol. The largest absolute Gasteiger partial charge is 0.399 e. The molecule has 5 heteroatoms. The molecular formula is C15H19FN4. The molecule has 2 N–H and O–H groups in total. The Morgan fingerprint density at radius 2 is 2.05 bits per heavy atom. The first-order valence-corrected chi connectivity index (χ1v) is 6.74. The molecule has 0 saturated carbocycles. The Bertz CT molecular complexity index is 586. The van der Waals surface area contributed by atoms with E-state index in [1.54, 1.807) is 0 Å². The molecule has 0 amide bonds. The average Bonchev–Trinajstić information content (AvgIpc) is 2.45. The van der Waals surface area contributed by atoms with Crippen LogP contribution < -0.4 is 10.6 Å². The Labute approximate surface area is 118 Å². The SMILES string of the molecule is CCc1ncnc(N(CC)Cc2cccc(N)c2)c1F. The van der Waals surface area contributed by atoms with Gasteiger partial charge in [-0.25, -0.2) is 14.4 Å². The minimum absolute atomic E-state index is 0.333. The molecule has 0 bridgehead atoms. The van der Waals surface area contributed by atoms with Crippen LogP contribution in [-0.4, -0.2) is 16.5 Å². The maximum absolute atomic E-state index is 14.3. The van der Waals surface area contributed by atoms with Crippen LogP contribution in [0.1, 0.15) is 25.1 Å².